The molecule has 0 fully saturated rings. The molecule has 11 heteroatoms. The van der Waals surface area contributed by atoms with Crippen molar-refractivity contribution in [1.82, 2.24) is 10.9 Å². The van der Waals surface area contributed by atoms with E-state index in [2.05, 4.69) is 16.2 Å². The van der Waals surface area contributed by atoms with E-state index in [1.807, 2.05) is 49.4 Å². The Morgan fingerprint density at radius 2 is 1.73 bits per heavy atom. The molecule has 0 aliphatic rings. The molecule has 10 nitrogen and oxygen atoms in total. The highest BCUT2D eigenvalue weighted by Crippen LogP contribution is 2.28. The summed E-state index contributed by atoms with van der Waals surface area (Å²) in [6, 6.07) is 19.7. The second-order valence-corrected chi connectivity index (χ2v) is 8.47. The first kappa shape index (κ1) is 25.3. The smallest absolute Gasteiger partial charge is 0.311 e. The maximum Gasteiger partial charge on any atom is 0.311 e. The number of benzene rings is 3. The molecule has 2 amide bonds. The molecule has 1 aromatic heterocycles. The van der Waals surface area contributed by atoms with Crippen LogP contribution in [0, 0.1) is 10.1 Å². The van der Waals surface area contributed by atoms with Gasteiger partial charge in [-0.2, -0.15) is 0 Å². The Morgan fingerprint density at radius 3 is 2.43 bits per heavy atom. The van der Waals surface area contributed by atoms with Crippen molar-refractivity contribution in [2.45, 2.75) is 13.0 Å². The number of nitro benzene ring substituents is 1. The van der Waals surface area contributed by atoms with Gasteiger partial charge < -0.3 is 14.8 Å². The SMILES string of the molecule is C[C@H](Nc1cccc(Cl)c1)c1ccc(-c2ccoc2C(=O)NNC(=O)c2ccc(O)c([N+](=O)[O-])c2)cc1. The minimum atomic E-state index is -0.820. The normalized spacial score (nSPS) is 11.4. The molecule has 0 radical (unpaired) electrons. The van der Waals surface area contributed by atoms with E-state index in [9.17, 15) is 24.8 Å². The van der Waals surface area contributed by atoms with Crippen molar-refractivity contribution in [3.63, 3.8) is 0 Å². The highest BCUT2D eigenvalue weighted by molar-refractivity contribution is 6.30. The molecule has 4 N–H and O–H groups in total. The number of nitro groups is 1. The van der Waals surface area contributed by atoms with Crippen molar-refractivity contribution in [1.29, 1.82) is 0 Å². The van der Waals surface area contributed by atoms with Crippen molar-refractivity contribution in [2.75, 3.05) is 5.32 Å². The van der Waals surface area contributed by atoms with E-state index < -0.39 is 28.2 Å². The summed E-state index contributed by atoms with van der Waals surface area (Å²) in [4.78, 5) is 35.2. The lowest BCUT2D eigenvalue weighted by molar-refractivity contribution is -0.385. The van der Waals surface area contributed by atoms with Gasteiger partial charge in [-0.1, -0.05) is 41.9 Å². The monoisotopic (exact) mass is 520 g/mol. The van der Waals surface area contributed by atoms with Crippen LogP contribution in [-0.4, -0.2) is 21.8 Å². The van der Waals surface area contributed by atoms with Crippen molar-refractivity contribution < 1.29 is 24.0 Å². The van der Waals surface area contributed by atoms with Crippen molar-refractivity contribution >= 4 is 34.8 Å². The first-order valence-corrected chi connectivity index (χ1v) is 11.4. The Labute approximate surface area is 216 Å². The average molecular weight is 521 g/mol. The van der Waals surface area contributed by atoms with Crippen LogP contribution in [0.5, 0.6) is 5.75 Å². The molecule has 3 aromatic carbocycles. The van der Waals surface area contributed by atoms with Gasteiger partial charge in [0.05, 0.1) is 11.2 Å². The summed E-state index contributed by atoms with van der Waals surface area (Å²) in [6.07, 6.45) is 1.35. The average Bonchev–Trinajstić information content (AvgIpc) is 3.37. The van der Waals surface area contributed by atoms with Gasteiger partial charge in [-0.25, -0.2) is 0 Å². The molecule has 0 unspecified atom stereocenters. The van der Waals surface area contributed by atoms with E-state index >= 15 is 0 Å². The summed E-state index contributed by atoms with van der Waals surface area (Å²) in [7, 11) is 0. The van der Waals surface area contributed by atoms with Crippen LogP contribution in [0.25, 0.3) is 11.1 Å². The topological polar surface area (TPSA) is 147 Å². The van der Waals surface area contributed by atoms with Crippen molar-refractivity contribution in [3.8, 4) is 16.9 Å². The van der Waals surface area contributed by atoms with Gasteiger partial charge in [-0.15, -0.1) is 0 Å². The number of carbonyl (C=O) groups excluding carboxylic acids is 2. The zero-order chi connectivity index (χ0) is 26.5. The number of furan rings is 1. The van der Waals surface area contributed by atoms with Crippen LogP contribution in [0.3, 0.4) is 0 Å². The van der Waals surface area contributed by atoms with Gasteiger partial charge >= 0.3 is 11.6 Å². The number of halogens is 1. The van der Waals surface area contributed by atoms with Crippen LogP contribution in [0.2, 0.25) is 5.02 Å². The van der Waals surface area contributed by atoms with Crippen LogP contribution >= 0.6 is 11.6 Å². The first-order valence-electron chi connectivity index (χ1n) is 11.0. The van der Waals surface area contributed by atoms with Gasteiger partial charge in [0, 0.05) is 33.9 Å². The minimum Gasteiger partial charge on any atom is -0.502 e. The number of anilines is 1. The van der Waals surface area contributed by atoms with Gasteiger partial charge in [0.25, 0.3) is 5.91 Å². The second kappa shape index (κ2) is 10.8. The third kappa shape index (κ3) is 5.88. The predicted octanol–water partition coefficient (Wildman–Crippen LogP) is 5.46. The molecule has 0 bridgehead atoms. The molecular formula is C26H21ClN4O6. The largest absolute Gasteiger partial charge is 0.502 e. The number of nitrogens with zero attached hydrogens (tertiary/aromatic N) is 1. The van der Waals surface area contributed by atoms with Crippen LogP contribution in [0.1, 0.15) is 39.4 Å². The molecule has 37 heavy (non-hydrogen) atoms. The molecule has 1 heterocycles. The number of phenols is 1. The number of hydrogen-bond donors (Lipinski definition) is 4. The molecule has 0 aliphatic heterocycles. The Hall–Kier alpha value is -4.83. The van der Waals surface area contributed by atoms with Gasteiger partial charge in [-0.05, 0) is 54.4 Å². The Bertz CT molecular complexity index is 1470. The third-order valence-corrected chi connectivity index (χ3v) is 5.76. The Balaban J connectivity index is 1.42. The van der Waals surface area contributed by atoms with Crippen molar-refractivity contribution in [3.05, 3.63) is 111 Å². The quantitative estimate of drug-likeness (QED) is 0.187. The van der Waals surface area contributed by atoms with Crippen LogP contribution in [0.4, 0.5) is 11.4 Å². The summed E-state index contributed by atoms with van der Waals surface area (Å²) in [5.41, 5.74) is 6.79. The summed E-state index contributed by atoms with van der Waals surface area (Å²) < 4.78 is 5.34. The van der Waals surface area contributed by atoms with Gasteiger partial charge in [0.2, 0.25) is 5.76 Å². The standard InChI is InChI=1S/C26H21ClN4O6/c1-15(28-20-4-2-3-19(27)14-20)16-5-7-17(8-6-16)21-11-12-37-24(21)26(34)30-29-25(33)18-9-10-23(32)22(13-18)31(35)36/h2-15,28,32H,1H3,(H,29,33)(H,30,34)/t15-/m0/s1. The maximum atomic E-state index is 12.7. The number of carbonyl (C=O) groups is 2. The highest BCUT2D eigenvalue weighted by Gasteiger charge is 2.20. The van der Waals surface area contributed by atoms with E-state index in [4.69, 9.17) is 16.0 Å². The number of rotatable bonds is 7. The summed E-state index contributed by atoms with van der Waals surface area (Å²) in [5, 5.41) is 24.5. The molecule has 4 aromatic rings. The molecule has 4 rings (SSSR count). The maximum absolute atomic E-state index is 12.7. The highest BCUT2D eigenvalue weighted by atomic mass is 35.5. The summed E-state index contributed by atoms with van der Waals surface area (Å²) >= 11 is 6.05. The zero-order valence-corrected chi connectivity index (χ0v) is 20.2. The van der Waals surface area contributed by atoms with Gasteiger partial charge in [0.15, 0.2) is 5.75 Å². The lowest BCUT2D eigenvalue weighted by Crippen LogP contribution is -2.41. The van der Waals surface area contributed by atoms with E-state index in [-0.39, 0.29) is 17.4 Å². The Morgan fingerprint density at radius 1 is 1.00 bits per heavy atom. The number of hydrogen-bond acceptors (Lipinski definition) is 7. The molecule has 0 saturated heterocycles. The molecule has 0 saturated carbocycles. The molecule has 0 aliphatic carbocycles. The van der Waals surface area contributed by atoms with Crippen molar-refractivity contribution in [2.24, 2.45) is 0 Å². The molecule has 0 spiro atoms. The number of aromatic hydroxyl groups is 1. The number of nitrogens with one attached hydrogen (secondary N) is 3. The minimum absolute atomic E-state index is 0.00873. The summed E-state index contributed by atoms with van der Waals surface area (Å²) in [6.45, 7) is 2.01. The molecule has 188 valence electrons. The fourth-order valence-corrected chi connectivity index (χ4v) is 3.82. The lowest BCUT2D eigenvalue weighted by Gasteiger charge is -2.16. The zero-order valence-electron chi connectivity index (χ0n) is 19.4. The predicted molar refractivity (Wildman–Crippen MR) is 137 cm³/mol. The number of phenolic OH excluding ortho intramolecular Hbond substituents is 1. The van der Waals surface area contributed by atoms with Gasteiger partial charge in [0.1, 0.15) is 0 Å². The van der Waals surface area contributed by atoms with E-state index in [1.165, 1.54) is 12.3 Å². The van der Waals surface area contributed by atoms with E-state index in [0.29, 0.717) is 10.6 Å². The van der Waals surface area contributed by atoms with Crippen LogP contribution in [-0.2, 0) is 0 Å². The third-order valence-electron chi connectivity index (χ3n) is 5.52. The fraction of sp³-hybridized carbons (Fsp3) is 0.0769. The van der Waals surface area contributed by atoms with E-state index in [0.717, 1.165) is 28.9 Å². The lowest BCUT2D eigenvalue weighted by atomic mass is 10.0. The fourth-order valence-electron chi connectivity index (χ4n) is 3.63. The second-order valence-electron chi connectivity index (χ2n) is 8.03. The number of hydrazine groups is 1. The van der Waals surface area contributed by atoms with Crippen LogP contribution < -0.4 is 16.2 Å². The van der Waals surface area contributed by atoms with Gasteiger partial charge in [-0.3, -0.25) is 30.6 Å². The molecule has 1 atom stereocenters. The summed E-state index contributed by atoms with van der Waals surface area (Å²) in [5.74, 6) is -2.14. The molecular weight excluding hydrogens is 500 g/mol. The van der Waals surface area contributed by atoms with E-state index in [1.54, 1.807) is 12.1 Å². The van der Waals surface area contributed by atoms with Crippen LogP contribution in [0.15, 0.2) is 83.5 Å². The first-order chi connectivity index (χ1) is 17.7. The Kier molecular flexibility index (Phi) is 7.40. The number of amides is 2.